The first-order valence-electron chi connectivity index (χ1n) is 3.05. The lowest BCUT2D eigenvalue weighted by Gasteiger charge is -1.85. The van der Waals surface area contributed by atoms with Gasteiger partial charge in [-0.05, 0) is 12.1 Å². The maximum absolute atomic E-state index is 8.92. The highest BCUT2D eigenvalue weighted by molar-refractivity contribution is 5.02. The lowest BCUT2D eigenvalue weighted by molar-refractivity contribution is 0.193. The molecule has 0 aliphatic carbocycles. The second-order valence-corrected chi connectivity index (χ2v) is 2.09. The summed E-state index contributed by atoms with van der Waals surface area (Å²) in [5.74, 6) is 0. The molecular weight excluding hydrogens is 128 g/mol. The molecule has 2 rings (SSSR count). The minimum absolute atomic E-state index is 0.773. The Labute approximate surface area is 57.4 Å². The lowest BCUT2D eigenvalue weighted by Crippen LogP contribution is -2.19. The van der Waals surface area contributed by atoms with E-state index in [1.165, 1.54) is 0 Å². The van der Waals surface area contributed by atoms with Gasteiger partial charge in [-0.1, -0.05) is 12.1 Å². The highest BCUT2D eigenvalue weighted by atomic mass is 16.3. The van der Waals surface area contributed by atoms with Gasteiger partial charge in [-0.2, -0.15) is 0 Å². The number of hydrogen-bond acceptors (Lipinski definition) is 3. The highest BCUT2D eigenvalue weighted by Crippen LogP contribution is 1.87. The molecule has 1 heterocycles. The smallest absolute Gasteiger partial charge is 0.244 e. The molecule has 0 atom stereocenters. The van der Waals surface area contributed by atoms with Crippen LogP contribution in [-0.2, 0) is 0 Å². The van der Waals surface area contributed by atoms with Crippen molar-refractivity contribution in [3.63, 3.8) is 0 Å². The minimum atomic E-state index is -0.877. The summed E-state index contributed by atoms with van der Waals surface area (Å²) >= 11 is 0. The Bertz CT molecular complexity index is 323. The Morgan fingerprint density at radius 1 is 1.10 bits per heavy atom. The molecule has 3 nitrogen and oxygen atoms in total. The average Bonchev–Trinajstić information content (AvgIpc) is 2.27. The minimum Gasteiger partial charge on any atom is -0.354 e. The van der Waals surface area contributed by atoms with E-state index in [2.05, 4.69) is 9.98 Å². The van der Waals surface area contributed by atoms with Gasteiger partial charge < -0.3 is 5.11 Å². The van der Waals surface area contributed by atoms with Gasteiger partial charge in [-0.25, -0.2) is 9.98 Å². The standard InChI is InChI=1S/C7H6N2O/c10-7-8-5-3-1-2-4-6(5)9-7/h1-4,7,10H. The van der Waals surface area contributed by atoms with E-state index in [0.717, 1.165) is 10.7 Å². The first-order chi connectivity index (χ1) is 4.86. The average molecular weight is 134 g/mol. The van der Waals surface area contributed by atoms with Crippen LogP contribution in [0.5, 0.6) is 0 Å². The maximum Gasteiger partial charge on any atom is 0.244 e. The fourth-order valence-electron chi connectivity index (χ4n) is 0.960. The predicted octanol–water partition coefficient (Wildman–Crippen LogP) is -0.785. The van der Waals surface area contributed by atoms with Crippen molar-refractivity contribution < 1.29 is 5.11 Å². The molecule has 10 heavy (non-hydrogen) atoms. The summed E-state index contributed by atoms with van der Waals surface area (Å²) < 4.78 is 0. The topological polar surface area (TPSA) is 45.0 Å². The Hall–Kier alpha value is -1.22. The Balaban J connectivity index is 2.83. The Morgan fingerprint density at radius 3 is 2.10 bits per heavy atom. The van der Waals surface area contributed by atoms with E-state index in [0.29, 0.717) is 0 Å². The van der Waals surface area contributed by atoms with E-state index in [1.807, 2.05) is 24.3 Å². The third kappa shape index (κ3) is 0.717. The van der Waals surface area contributed by atoms with Gasteiger partial charge in [0.1, 0.15) is 0 Å². The zero-order valence-electron chi connectivity index (χ0n) is 5.23. The first-order valence-corrected chi connectivity index (χ1v) is 3.05. The van der Waals surface area contributed by atoms with Crippen molar-refractivity contribution in [2.24, 2.45) is 9.98 Å². The normalized spacial score (nSPS) is 15.7. The summed E-state index contributed by atoms with van der Waals surface area (Å²) in [7, 11) is 0. The molecule has 50 valence electrons. The third-order valence-corrected chi connectivity index (χ3v) is 1.39. The van der Waals surface area contributed by atoms with Gasteiger partial charge in [0.25, 0.3) is 0 Å². The Kier molecular flexibility index (Phi) is 1.05. The zero-order chi connectivity index (χ0) is 6.97. The van der Waals surface area contributed by atoms with Crippen molar-refractivity contribution in [1.82, 2.24) is 0 Å². The molecule has 0 bridgehead atoms. The van der Waals surface area contributed by atoms with Crippen molar-refractivity contribution in [2.45, 2.75) is 6.35 Å². The van der Waals surface area contributed by atoms with Crippen LogP contribution >= 0.6 is 0 Å². The molecule has 1 N–H and O–H groups in total. The number of aliphatic hydroxyl groups is 1. The number of hydrogen-bond donors (Lipinski definition) is 1. The van der Waals surface area contributed by atoms with E-state index in [1.54, 1.807) is 0 Å². The number of benzene rings is 1. The molecule has 0 unspecified atom stereocenters. The molecule has 0 radical (unpaired) electrons. The summed E-state index contributed by atoms with van der Waals surface area (Å²) in [6, 6.07) is 7.40. The zero-order valence-corrected chi connectivity index (χ0v) is 5.23. The van der Waals surface area contributed by atoms with Crippen LogP contribution in [0.2, 0.25) is 0 Å². The summed E-state index contributed by atoms with van der Waals surface area (Å²) in [6.07, 6.45) is -0.877. The van der Waals surface area contributed by atoms with Crippen LogP contribution in [0.15, 0.2) is 34.3 Å². The van der Waals surface area contributed by atoms with E-state index in [4.69, 9.17) is 5.11 Å². The van der Waals surface area contributed by atoms with Crippen molar-refractivity contribution in [1.29, 1.82) is 0 Å². The molecule has 3 heteroatoms. The molecule has 1 aromatic carbocycles. The largest absolute Gasteiger partial charge is 0.354 e. The molecule has 0 saturated carbocycles. The van der Waals surface area contributed by atoms with E-state index in [-0.39, 0.29) is 0 Å². The third-order valence-electron chi connectivity index (χ3n) is 1.39. The highest BCUT2D eigenvalue weighted by Gasteiger charge is 2.02. The SMILES string of the molecule is OC1N=c2ccccc2=N1. The summed E-state index contributed by atoms with van der Waals surface area (Å²) in [5.41, 5.74) is 0. The van der Waals surface area contributed by atoms with Gasteiger partial charge >= 0.3 is 0 Å². The van der Waals surface area contributed by atoms with Gasteiger partial charge in [-0.15, -0.1) is 0 Å². The van der Waals surface area contributed by atoms with Crippen LogP contribution in [0.3, 0.4) is 0 Å². The molecule has 0 saturated heterocycles. The van der Waals surface area contributed by atoms with Crippen molar-refractivity contribution in [2.75, 3.05) is 0 Å². The van der Waals surface area contributed by atoms with Gasteiger partial charge in [-0.3, -0.25) is 0 Å². The van der Waals surface area contributed by atoms with Crippen LogP contribution in [0.4, 0.5) is 0 Å². The predicted molar refractivity (Wildman–Crippen MR) is 34.8 cm³/mol. The van der Waals surface area contributed by atoms with Crippen LogP contribution in [0, 0.1) is 0 Å². The van der Waals surface area contributed by atoms with E-state index >= 15 is 0 Å². The number of para-hydroxylation sites is 2. The van der Waals surface area contributed by atoms with Crippen LogP contribution in [0.25, 0.3) is 0 Å². The first kappa shape index (κ1) is 5.56. The van der Waals surface area contributed by atoms with Gasteiger partial charge in [0.15, 0.2) is 0 Å². The molecule has 0 amide bonds. The molecular formula is C7H6N2O. The van der Waals surface area contributed by atoms with Crippen LogP contribution in [0.1, 0.15) is 0 Å². The monoisotopic (exact) mass is 134 g/mol. The molecule has 1 aromatic rings. The van der Waals surface area contributed by atoms with E-state index < -0.39 is 6.35 Å². The van der Waals surface area contributed by atoms with Crippen molar-refractivity contribution in [3.05, 3.63) is 35.0 Å². The van der Waals surface area contributed by atoms with Crippen molar-refractivity contribution >= 4 is 0 Å². The summed E-state index contributed by atoms with van der Waals surface area (Å²) in [4.78, 5) is 7.68. The van der Waals surface area contributed by atoms with Gasteiger partial charge in [0, 0.05) is 0 Å². The second kappa shape index (κ2) is 1.88. The van der Waals surface area contributed by atoms with Crippen LogP contribution < -0.4 is 10.7 Å². The lowest BCUT2D eigenvalue weighted by atomic mass is 10.3. The number of rotatable bonds is 0. The summed E-state index contributed by atoms with van der Waals surface area (Å²) in [6.45, 7) is 0. The molecule has 1 aliphatic heterocycles. The number of aliphatic hydroxyl groups excluding tert-OH is 1. The summed E-state index contributed by atoms with van der Waals surface area (Å²) in [5, 5.41) is 10.5. The number of fused-ring (bicyclic) bond motifs is 1. The molecule has 0 aromatic heterocycles. The van der Waals surface area contributed by atoms with Gasteiger partial charge in [0.2, 0.25) is 6.35 Å². The molecule has 0 fully saturated rings. The second-order valence-electron chi connectivity index (χ2n) is 2.09. The Morgan fingerprint density at radius 2 is 1.60 bits per heavy atom. The fourth-order valence-corrected chi connectivity index (χ4v) is 0.960. The fraction of sp³-hybridized carbons (Fsp3) is 0.143. The number of nitrogens with zero attached hydrogens (tertiary/aromatic N) is 2. The molecule has 0 spiro atoms. The molecule has 1 aliphatic rings. The van der Waals surface area contributed by atoms with Crippen molar-refractivity contribution in [3.8, 4) is 0 Å². The quantitative estimate of drug-likeness (QED) is 0.496. The van der Waals surface area contributed by atoms with Crippen LogP contribution in [-0.4, -0.2) is 11.5 Å². The van der Waals surface area contributed by atoms with E-state index in [9.17, 15) is 0 Å². The maximum atomic E-state index is 8.92. The van der Waals surface area contributed by atoms with Gasteiger partial charge in [0.05, 0.1) is 10.7 Å².